The molecule has 0 saturated heterocycles. The predicted octanol–water partition coefficient (Wildman–Crippen LogP) is 3.03. The normalized spacial score (nSPS) is 10.5. The minimum absolute atomic E-state index is 0.0507. The number of nitrogens with zero attached hydrogens (tertiary/aromatic N) is 1. The topological polar surface area (TPSA) is 88.4 Å². The van der Waals surface area contributed by atoms with Crippen molar-refractivity contribution in [2.75, 3.05) is 19.5 Å². The number of nitriles is 1. The van der Waals surface area contributed by atoms with Crippen molar-refractivity contribution in [3.05, 3.63) is 65.2 Å². The van der Waals surface area contributed by atoms with E-state index in [1.54, 1.807) is 43.5 Å². The van der Waals surface area contributed by atoms with Crippen LogP contribution in [0, 0.1) is 11.3 Å². The maximum Gasteiger partial charge on any atom is 0.337 e. The lowest BCUT2D eigenvalue weighted by Gasteiger charge is -2.06. The Kier molecular flexibility index (Phi) is 5.91. The molecule has 6 heteroatoms. The number of amides is 1. The van der Waals surface area contributed by atoms with Crippen LogP contribution in [0.25, 0.3) is 6.08 Å². The molecule has 0 saturated carbocycles. The molecule has 6 nitrogen and oxygen atoms in total. The second-order valence-electron chi connectivity index (χ2n) is 4.97. The summed E-state index contributed by atoms with van der Waals surface area (Å²) >= 11 is 0. The molecule has 0 aliphatic carbocycles. The summed E-state index contributed by atoms with van der Waals surface area (Å²) < 4.78 is 9.72. The van der Waals surface area contributed by atoms with Crippen LogP contribution in [0.2, 0.25) is 0 Å². The Morgan fingerprint density at radius 1 is 1.12 bits per heavy atom. The van der Waals surface area contributed by atoms with Crippen LogP contribution in [-0.4, -0.2) is 26.1 Å². The number of nitrogens with one attached hydrogen (secondary N) is 1. The highest BCUT2D eigenvalue weighted by Crippen LogP contribution is 2.16. The number of rotatable bonds is 5. The quantitative estimate of drug-likeness (QED) is 0.515. The van der Waals surface area contributed by atoms with Crippen LogP contribution in [-0.2, 0) is 9.53 Å². The molecule has 0 radical (unpaired) electrons. The maximum absolute atomic E-state index is 12.3. The van der Waals surface area contributed by atoms with Gasteiger partial charge in [-0.25, -0.2) is 4.79 Å². The Morgan fingerprint density at radius 2 is 1.84 bits per heavy atom. The van der Waals surface area contributed by atoms with Crippen molar-refractivity contribution in [3.63, 3.8) is 0 Å². The highest BCUT2D eigenvalue weighted by molar-refractivity contribution is 6.09. The summed E-state index contributed by atoms with van der Waals surface area (Å²) in [5.41, 5.74) is 1.45. The first-order valence-electron chi connectivity index (χ1n) is 7.33. The third-order valence-electron chi connectivity index (χ3n) is 3.33. The van der Waals surface area contributed by atoms with Crippen LogP contribution in [0.15, 0.2) is 54.1 Å². The largest absolute Gasteiger partial charge is 0.497 e. The smallest absolute Gasteiger partial charge is 0.337 e. The summed E-state index contributed by atoms with van der Waals surface area (Å²) in [4.78, 5) is 23.6. The van der Waals surface area contributed by atoms with Gasteiger partial charge in [-0.2, -0.15) is 5.26 Å². The van der Waals surface area contributed by atoms with Gasteiger partial charge in [0.1, 0.15) is 17.4 Å². The van der Waals surface area contributed by atoms with Gasteiger partial charge in [0.15, 0.2) is 0 Å². The lowest BCUT2D eigenvalue weighted by atomic mass is 10.1. The van der Waals surface area contributed by atoms with Crippen LogP contribution in [0.4, 0.5) is 5.69 Å². The molecule has 0 aliphatic rings. The van der Waals surface area contributed by atoms with Crippen LogP contribution in [0.1, 0.15) is 15.9 Å². The molecular formula is C19H16N2O4. The number of anilines is 1. The average molecular weight is 336 g/mol. The highest BCUT2D eigenvalue weighted by atomic mass is 16.5. The Labute approximate surface area is 145 Å². The highest BCUT2D eigenvalue weighted by Gasteiger charge is 2.11. The fourth-order valence-electron chi connectivity index (χ4n) is 2.05. The first-order valence-corrected chi connectivity index (χ1v) is 7.33. The molecule has 0 spiro atoms. The molecule has 1 amide bonds. The maximum atomic E-state index is 12.3. The molecule has 0 bridgehead atoms. The van der Waals surface area contributed by atoms with E-state index in [2.05, 4.69) is 10.1 Å². The summed E-state index contributed by atoms with van der Waals surface area (Å²) in [6.07, 6.45) is 1.47. The average Bonchev–Trinajstić information content (AvgIpc) is 2.66. The Hall–Kier alpha value is -3.59. The number of ether oxygens (including phenoxy) is 2. The zero-order chi connectivity index (χ0) is 18.2. The van der Waals surface area contributed by atoms with Crippen molar-refractivity contribution in [1.82, 2.24) is 0 Å². The van der Waals surface area contributed by atoms with Crippen molar-refractivity contribution in [1.29, 1.82) is 5.26 Å². The minimum atomic E-state index is -0.545. The molecule has 0 aliphatic heterocycles. The number of benzene rings is 2. The van der Waals surface area contributed by atoms with Gasteiger partial charge in [0.2, 0.25) is 0 Å². The number of esters is 1. The van der Waals surface area contributed by atoms with Crippen LogP contribution < -0.4 is 10.1 Å². The van der Waals surface area contributed by atoms with E-state index < -0.39 is 11.9 Å². The number of hydrogen-bond acceptors (Lipinski definition) is 5. The molecule has 0 heterocycles. The zero-order valence-corrected chi connectivity index (χ0v) is 13.8. The summed E-state index contributed by atoms with van der Waals surface area (Å²) in [5.74, 6) is -0.380. The van der Waals surface area contributed by atoms with Gasteiger partial charge in [0, 0.05) is 5.69 Å². The Balaban J connectivity index is 2.15. The SMILES string of the molecule is COC(=O)c1ccc(NC(=O)/C(C#N)=C/c2cccc(OC)c2)cc1. The van der Waals surface area contributed by atoms with Crippen molar-refractivity contribution in [3.8, 4) is 11.8 Å². The van der Waals surface area contributed by atoms with E-state index in [4.69, 9.17) is 4.74 Å². The fourth-order valence-corrected chi connectivity index (χ4v) is 2.05. The van der Waals surface area contributed by atoms with Crippen LogP contribution >= 0.6 is 0 Å². The van der Waals surface area contributed by atoms with E-state index in [0.717, 1.165) is 0 Å². The third kappa shape index (κ3) is 4.69. The van der Waals surface area contributed by atoms with Crippen molar-refractivity contribution >= 4 is 23.6 Å². The van der Waals surface area contributed by atoms with E-state index in [-0.39, 0.29) is 5.57 Å². The first-order chi connectivity index (χ1) is 12.1. The lowest BCUT2D eigenvalue weighted by molar-refractivity contribution is -0.112. The standard InChI is InChI=1S/C19H16N2O4/c1-24-17-5-3-4-13(11-17)10-15(12-20)18(22)21-16-8-6-14(7-9-16)19(23)25-2/h3-11H,1-2H3,(H,21,22)/b15-10+. The Bertz CT molecular complexity index is 848. The molecule has 25 heavy (non-hydrogen) atoms. The van der Waals surface area contributed by atoms with Crippen molar-refractivity contribution in [2.24, 2.45) is 0 Å². The van der Waals surface area contributed by atoms with Gasteiger partial charge < -0.3 is 14.8 Å². The second-order valence-corrected chi connectivity index (χ2v) is 4.97. The lowest BCUT2D eigenvalue weighted by Crippen LogP contribution is -2.13. The molecular weight excluding hydrogens is 320 g/mol. The van der Waals surface area contributed by atoms with E-state index in [0.29, 0.717) is 22.6 Å². The minimum Gasteiger partial charge on any atom is -0.497 e. The van der Waals surface area contributed by atoms with E-state index in [1.807, 2.05) is 6.07 Å². The molecule has 0 unspecified atom stereocenters. The van der Waals surface area contributed by atoms with Crippen LogP contribution in [0.3, 0.4) is 0 Å². The Morgan fingerprint density at radius 3 is 2.44 bits per heavy atom. The van der Waals surface area contributed by atoms with Crippen molar-refractivity contribution < 1.29 is 19.1 Å². The van der Waals surface area contributed by atoms with E-state index in [9.17, 15) is 14.9 Å². The third-order valence-corrected chi connectivity index (χ3v) is 3.33. The first kappa shape index (κ1) is 17.8. The fraction of sp³-hybridized carbons (Fsp3) is 0.105. The van der Waals surface area contributed by atoms with Gasteiger partial charge >= 0.3 is 5.97 Å². The van der Waals surface area contributed by atoms with Gasteiger partial charge in [0.25, 0.3) is 5.91 Å². The second kappa shape index (κ2) is 8.31. The zero-order valence-electron chi connectivity index (χ0n) is 13.8. The predicted molar refractivity (Wildman–Crippen MR) is 93.0 cm³/mol. The number of carbonyl (C=O) groups is 2. The molecule has 0 atom stereocenters. The number of methoxy groups -OCH3 is 2. The van der Waals surface area contributed by atoms with Crippen molar-refractivity contribution in [2.45, 2.75) is 0 Å². The van der Waals surface area contributed by atoms with E-state index in [1.165, 1.54) is 25.3 Å². The summed E-state index contributed by atoms with van der Waals surface area (Å²) in [5, 5.41) is 11.9. The van der Waals surface area contributed by atoms with Crippen LogP contribution in [0.5, 0.6) is 5.75 Å². The van der Waals surface area contributed by atoms with Gasteiger partial charge in [-0.05, 0) is 48.0 Å². The molecule has 126 valence electrons. The summed E-state index contributed by atoms with van der Waals surface area (Å²) in [6, 6.07) is 15.1. The van der Waals surface area contributed by atoms with E-state index >= 15 is 0 Å². The number of carbonyl (C=O) groups excluding carboxylic acids is 2. The van der Waals surface area contributed by atoms with Gasteiger partial charge in [0.05, 0.1) is 19.8 Å². The monoisotopic (exact) mass is 336 g/mol. The van der Waals surface area contributed by atoms with Gasteiger partial charge in [-0.15, -0.1) is 0 Å². The molecule has 1 N–H and O–H groups in total. The number of hydrogen-bond donors (Lipinski definition) is 1. The molecule has 2 aromatic rings. The summed E-state index contributed by atoms with van der Waals surface area (Å²) in [7, 11) is 2.83. The molecule has 2 rings (SSSR count). The summed E-state index contributed by atoms with van der Waals surface area (Å²) in [6.45, 7) is 0. The molecule has 0 fully saturated rings. The molecule has 0 aromatic heterocycles. The van der Waals surface area contributed by atoms with Gasteiger partial charge in [-0.3, -0.25) is 4.79 Å². The van der Waals surface area contributed by atoms with Gasteiger partial charge in [-0.1, -0.05) is 12.1 Å². The molecule has 2 aromatic carbocycles.